The van der Waals surface area contributed by atoms with Crippen LogP contribution in [-0.4, -0.2) is 16.2 Å². The molecule has 0 atom stereocenters. The first-order valence-electron chi connectivity index (χ1n) is 5.47. The van der Waals surface area contributed by atoms with Crippen molar-refractivity contribution >= 4 is 0 Å². The van der Waals surface area contributed by atoms with Crippen LogP contribution in [0.15, 0.2) is 28.8 Å². The molecule has 17 heavy (non-hydrogen) atoms. The molecule has 0 saturated heterocycles. The highest BCUT2D eigenvalue weighted by atomic mass is 19.1. The van der Waals surface area contributed by atoms with E-state index in [2.05, 4.69) is 15.5 Å². The molecule has 90 valence electrons. The summed E-state index contributed by atoms with van der Waals surface area (Å²) < 4.78 is 17.8. The van der Waals surface area contributed by atoms with Gasteiger partial charge in [0.2, 0.25) is 0 Å². The Morgan fingerprint density at radius 1 is 1.29 bits per heavy atom. The van der Waals surface area contributed by atoms with Gasteiger partial charge in [-0.25, -0.2) is 4.39 Å². The van der Waals surface area contributed by atoms with E-state index in [1.54, 1.807) is 12.1 Å². The Bertz CT molecular complexity index is 479. The molecule has 5 heteroatoms. The second kappa shape index (κ2) is 5.05. The van der Waals surface area contributed by atoms with Crippen LogP contribution in [0.25, 0.3) is 11.5 Å². The summed E-state index contributed by atoms with van der Waals surface area (Å²) in [7, 11) is 0. The Balaban J connectivity index is 2.10. The Kier molecular flexibility index (Phi) is 3.49. The quantitative estimate of drug-likeness (QED) is 0.883. The highest BCUT2D eigenvalue weighted by Gasteiger charge is 2.08. The van der Waals surface area contributed by atoms with Gasteiger partial charge < -0.3 is 9.84 Å². The van der Waals surface area contributed by atoms with Crippen molar-refractivity contribution in [2.24, 2.45) is 0 Å². The molecule has 0 radical (unpaired) electrons. The minimum atomic E-state index is -0.282. The van der Waals surface area contributed by atoms with E-state index in [0.717, 1.165) is 5.56 Å². The lowest BCUT2D eigenvalue weighted by Crippen LogP contribution is -2.22. The molecule has 0 aliphatic rings. The lowest BCUT2D eigenvalue weighted by atomic mass is 10.2. The SMILES string of the molecule is CC(C)NCc1noc(-c2ccc(F)cc2)n1. The average Bonchev–Trinajstić information content (AvgIpc) is 2.76. The van der Waals surface area contributed by atoms with Crippen LogP contribution in [0.3, 0.4) is 0 Å². The molecule has 0 amide bonds. The van der Waals surface area contributed by atoms with E-state index in [1.807, 2.05) is 13.8 Å². The summed E-state index contributed by atoms with van der Waals surface area (Å²) in [5.74, 6) is 0.721. The van der Waals surface area contributed by atoms with Crippen LogP contribution in [-0.2, 0) is 6.54 Å². The molecule has 1 heterocycles. The summed E-state index contributed by atoms with van der Waals surface area (Å²) in [5.41, 5.74) is 0.717. The van der Waals surface area contributed by atoms with E-state index in [0.29, 0.717) is 24.3 Å². The fourth-order valence-electron chi connectivity index (χ4n) is 1.33. The van der Waals surface area contributed by atoms with Crippen LogP contribution in [0.4, 0.5) is 4.39 Å². The van der Waals surface area contributed by atoms with Crippen molar-refractivity contribution in [2.75, 3.05) is 0 Å². The number of nitrogens with zero attached hydrogens (tertiary/aromatic N) is 2. The summed E-state index contributed by atoms with van der Waals surface area (Å²) >= 11 is 0. The highest BCUT2D eigenvalue weighted by molar-refractivity contribution is 5.52. The van der Waals surface area contributed by atoms with Crippen molar-refractivity contribution < 1.29 is 8.91 Å². The van der Waals surface area contributed by atoms with Crippen LogP contribution in [0.5, 0.6) is 0 Å². The van der Waals surface area contributed by atoms with E-state index < -0.39 is 0 Å². The molecule has 0 aliphatic heterocycles. The van der Waals surface area contributed by atoms with Crippen molar-refractivity contribution in [2.45, 2.75) is 26.4 Å². The Morgan fingerprint density at radius 3 is 2.65 bits per heavy atom. The standard InChI is InChI=1S/C12H14FN3O/c1-8(2)14-7-11-15-12(17-16-11)9-3-5-10(13)6-4-9/h3-6,8,14H,7H2,1-2H3. The summed E-state index contributed by atoms with van der Waals surface area (Å²) in [5, 5.41) is 7.04. The summed E-state index contributed by atoms with van der Waals surface area (Å²) in [6.45, 7) is 4.64. The fourth-order valence-corrected chi connectivity index (χ4v) is 1.33. The number of hydrogen-bond donors (Lipinski definition) is 1. The molecule has 2 aromatic rings. The van der Waals surface area contributed by atoms with Crippen molar-refractivity contribution in [3.63, 3.8) is 0 Å². The first-order valence-corrected chi connectivity index (χ1v) is 5.47. The summed E-state index contributed by atoms with van der Waals surface area (Å²) in [6, 6.07) is 6.32. The average molecular weight is 235 g/mol. The topological polar surface area (TPSA) is 51.0 Å². The zero-order chi connectivity index (χ0) is 12.3. The van der Waals surface area contributed by atoms with E-state index in [1.165, 1.54) is 12.1 Å². The minimum absolute atomic E-state index is 0.282. The van der Waals surface area contributed by atoms with Gasteiger partial charge in [0, 0.05) is 11.6 Å². The molecular weight excluding hydrogens is 221 g/mol. The lowest BCUT2D eigenvalue weighted by Gasteiger charge is -2.03. The van der Waals surface area contributed by atoms with Gasteiger partial charge >= 0.3 is 0 Å². The van der Waals surface area contributed by atoms with Crippen LogP contribution in [0, 0.1) is 5.82 Å². The third-order valence-electron chi connectivity index (χ3n) is 2.23. The molecule has 0 bridgehead atoms. The van der Waals surface area contributed by atoms with Gasteiger partial charge in [-0.15, -0.1) is 0 Å². The maximum absolute atomic E-state index is 12.7. The summed E-state index contributed by atoms with van der Waals surface area (Å²) in [6.07, 6.45) is 0. The van der Waals surface area contributed by atoms with E-state index >= 15 is 0 Å². The molecule has 4 nitrogen and oxygen atoms in total. The third kappa shape index (κ3) is 3.10. The fraction of sp³-hybridized carbons (Fsp3) is 0.333. The van der Waals surface area contributed by atoms with E-state index in [-0.39, 0.29) is 5.82 Å². The van der Waals surface area contributed by atoms with Crippen LogP contribution >= 0.6 is 0 Å². The van der Waals surface area contributed by atoms with Crippen LogP contribution in [0.2, 0.25) is 0 Å². The predicted molar refractivity (Wildman–Crippen MR) is 61.7 cm³/mol. The minimum Gasteiger partial charge on any atom is -0.334 e. The maximum atomic E-state index is 12.7. The van der Waals surface area contributed by atoms with Crippen LogP contribution in [0.1, 0.15) is 19.7 Å². The van der Waals surface area contributed by atoms with Crippen molar-refractivity contribution in [3.8, 4) is 11.5 Å². The lowest BCUT2D eigenvalue weighted by molar-refractivity contribution is 0.417. The van der Waals surface area contributed by atoms with Crippen molar-refractivity contribution in [1.82, 2.24) is 15.5 Å². The van der Waals surface area contributed by atoms with Gasteiger partial charge in [0.15, 0.2) is 5.82 Å². The van der Waals surface area contributed by atoms with Gasteiger partial charge in [-0.3, -0.25) is 0 Å². The van der Waals surface area contributed by atoms with Gasteiger partial charge in [0.05, 0.1) is 6.54 Å². The smallest absolute Gasteiger partial charge is 0.257 e. The monoisotopic (exact) mass is 235 g/mol. The number of hydrogen-bond acceptors (Lipinski definition) is 4. The molecule has 0 aliphatic carbocycles. The van der Waals surface area contributed by atoms with E-state index in [4.69, 9.17) is 4.52 Å². The largest absolute Gasteiger partial charge is 0.334 e. The molecule has 2 rings (SSSR count). The van der Waals surface area contributed by atoms with Gasteiger partial charge in [0.25, 0.3) is 5.89 Å². The second-order valence-corrected chi connectivity index (χ2v) is 4.06. The highest BCUT2D eigenvalue weighted by Crippen LogP contribution is 2.17. The number of rotatable bonds is 4. The Morgan fingerprint density at radius 2 is 2.00 bits per heavy atom. The molecule has 0 unspecified atom stereocenters. The molecule has 0 spiro atoms. The van der Waals surface area contributed by atoms with Gasteiger partial charge in [-0.2, -0.15) is 4.98 Å². The Hall–Kier alpha value is -1.75. The molecule has 1 N–H and O–H groups in total. The zero-order valence-corrected chi connectivity index (χ0v) is 9.77. The molecular formula is C12H14FN3O. The predicted octanol–water partition coefficient (Wildman–Crippen LogP) is 2.37. The molecule has 0 saturated carbocycles. The van der Waals surface area contributed by atoms with Gasteiger partial charge in [0.1, 0.15) is 5.82 Å². The van der Waals surface area contributed by atoms with E-state index in [9.17, 15) is 4.39 Å². The Labute approximate surface area is 98.8 Å². The third-order valence-corrected chi connectivity index (χ3v) is 2.23. The van der Waals surface area contributed by atoms with Gasteiger partial charge in [-0.05, 0) is 24.3 Å². The number of aromatic nitrogens is 2. The van der Waals surface area contributed by atoms with Gasteiger partial charge in [-0.1, -0.05) is 19.0 Å². The van der Waals surface area contributed by atoms with Crippen molar-refractivity contribution in [1.29, 1.82) is 0 Å². The number of halogens is 1. The van der Waals surface area contributed by atoms with Crippen LogP contribution < -0.4 is 5.32 Å². The molecule has 1 aromatic carbocycles. The maximum Gasteiger partial charge on any atom is 0.257 e. The van der Waals surface area contributed by atoms with Crippen molar-refractivity contribution in [3.05, 3.63) is 35.9 Å². The first kappa shape index (κ1) is 11.7. The molecule has 1 aromatic heterocycles. The first-order chi connectivity index (χ1) is 8.15. The zero-order valence-electron chi connectivity index (χ0n) is 9.77. The number of nitrogens with one attached hydrogen (secondary N) is 1. The normalized spacial score (nSPS) is 11.1. The number of benzene rings is 1. The second-order valence-electron chi connectivity index (χ2n) is 4.06. The molecule has 0 fully saturated rings. The summed E-state index contributed by atoms with van der Waals surface area (Å²) in [4.78, 5) is 4.22.